The molecule has 152 valence electrons. The summed E-state index contributed by atoms with van der Waals surface area (Å²) < 4.78 is 37.7. The molecule has 0 saturated carbocycles. The van der Waals surface area contributed by atoms with Gasteiger partial charge in [-0.15, -0.1) is 11.3 Å². The molecule has 0 bridgehead atoms. The van der Waals surface area contributed by atoms with Crippen LogP contribution < -0.4 is 9.47 Å². The molecule has 1 aromatic heterocycles. The van der Waals surface area contributed by atoms with Crippen molar-refractivity contribution >= 4 is 27.3 Å². The third kappa shape index (κ3) is 4.30. The molecule has 28 heavy (non-hydrogen) atoms. The average molecular weight is 427 g/mol. The molecule has 1 saturated heterocycles. The molecular formula is C18H22N2O6S2. The van der Waals surface area contributed by atoms with Gasteiger partial charge in [-0.05, 0) is 24.3 Å². The van der Waals surface area contributed by atoms with Crippen molar-refractivity contribution in [3.63, 3.8) is 0 Å². The van der Waals surface area contributed by atoms with Crippen LogP contribution in [0.25, 0.3) is 0 Å². The molecule has 0 aliphatic carbocycles. The monoisotopic (exact) mass is 426 g/mol. The van der Waals surface area contributed by atoms with Crippen molar-refractivity contribution in [2.24, 2.45) is 0 Å². The number of nitrogens with zero attached hydrogens (tertiary/aromatic N) is 2. The molecule has 2 aromatic rings. The van der Waals surface area contributed by atoms with Crippen LogP contribution in [-0.2, 0) is 16.6 Å². The Morgan fingerprint density at radius 1 is 1.14 bits per heavy atom. The number of rotatable bonds is 7. The molecule has 1 aliphatic rings. The quantitative estimate of drug-likeness (QED) is 0.723. The van der Waals surface area contributed by atoms with Crippen LogP contribution in [0.4, 0.5) is 0 Å². The highest BCUT2D eigenvalue weighted by Gasteiger charge is 2.30. The second-order valence-corrected chi connectivity index (χ2v) is 9.39. The van der Waals surface area contributed by atoms with Crippen LogP contribution in [-0.4, -0.2) is 69.1 Å². The molecule has 1 fully saturated rings. The van der Waals surface area contributed by atoms with Gasteiger partial charge in [0, 0.05) is 43.7 Å². The minimum absolute atomic E-state index is 0.00710. The number of ether oxygens (including phenoxy) is 2. The maximum absolute atomic E-state index is 12.8. The van der Waals surface area contributed by atoms with E-state index in [1.807, 2.05) is 18.2 Å². The Hall–Kier alpha value is -2.14. The molecule has 3 rings (SSSR count). The van der Waals surface area contributed by atoms with Gasteiger partial charge in [0.15, 0.2) is 0 Å². The lowest BCUT2D eigenvalue weighted by molar-refractivity contribution is 0.0697. The molecule has 2 heterocycles. The number of benzene rings is 1. The van der Waals surface area contributed by atoms with Crippen molar-refractivity contribution in [3.8, 4) is 11.5 Å². The Morgan fingerprint density at radius 2 is 1.86 bits per heavy atom. The Labute approximate surface area is 168 Å². The first kappa shape index (κ1) is 20.6. The molecule has 8 nitrogen and oxygen atoms in total. The van der Waals surface area contributed by atoms with Crippen LogP contribution >= 0.6 is 11.3 Å². The summed E-state index contributed by atoms with van der Waals surface area (Å²) in [6.07, 6.45) is 0. The number of hydrogen-bond donors (Lipinski definition) is 1. The van der Waals surface area contributed by atoms with Crippen molar-refractivity contribution in [1.82, 2.24) is 9.21 Å². The maximum Gasteiger partial charge on any atom is 0.336 e. The van der Waals surface area contributed by atoms with Crippen LogP contribution in [0.5, 0.6) is 11.5 Å². The van der Waals surface area contributed by atoms with Crippen molar-refractivity contribution in [2.75, 3.05) is 40.4 Å². The Morgan fingerprint density at radius 3 is 2.43 bits per heavy atom. The average Bonchev–Trinajstić information content (AvgIpc) is 3.20. The number of aromatic carboxylic acids is 1. The smallest absolute Gasteiger partial charge is 0.336 e. The number of sulfonamides is 1. The predicted octanol–water partition coefficient (Wildman–Crippen LogP) is 1.97. The van der Waals surface area contributed by atoms with Gasteiger partial charge >= 0.3 is 5.97 Å². The van der Waals surface area contributed by atoms with Gasteiger partial charge in [0.05, 0.1) is 19.8 Å². The number of piperazine rings is 1. The van der Waals surface area contributed by atoms with Gasteiger partial charge in [-0.3, -0.25) is 4.90 Å². The summed E-state index contributed by atoms with van der Waals surface area (Å²) in [4.78, 5) is 13.2. The zero-order valence-electron chi connectivity index (χ0n) is 15.6. The van der Waals surface area contributed by atoms with Crippen LogP contribution in [0.2, 0.25) is 0 Å². The fourth-order valence-electron chi connectivity index (χ4n) is 3.07. The lowest BCUT2D eigenvalue weighted by Gasteiger charge is -2.33. The summed E-state index contributed by atoms with van der Waals surface area (Å²) in [5.74, 6) is 0.370. The Kier molecular flexibility index (Phi) is 6.23. The third-order valence-electron chi connectivity index (χ3n) is 4.63. The minimum atomic E-state index is -3.68. The number of thiophene rings is 1. The number of hydrogen-bond acceptors (Lipinski definition) is 7. The zero-order chi connectivity index (χ0) is 20.3. The molecular weight excluding hydrogens is 404 g/mol. The third-order valence-corrected chi connectivity index (χ3v) is 7.94. The van der Waals surface area contributed by atoms with Crippen LogP contribution in [0, 0.1) is 0 Å². The van der Waals surface area contributed by atoms with Gasteiger partial charge in [-0.1, -0.05) is 0 Å². The summed E-state index contributed by atoms with van der Waals surface area (Å²) in [6.45, 7) is 2.44. The molecule has 10 heteroatoms. The summed E-state index contributed by atoms with van der Waals surface area (Å²) >= 11 is 0.936. The summed E-state index contributed by atoms with van der Waals surface area (Å²) in [5, 5.41) is 10.3. The van der Waals surface area contributed by atoms with E-state index in [-0.39, 0.29) is 9.77 Å². The highest BCUT2D eigenvalue weighted by molar-refractivity contribution is 7.91. The molecule has 1 aromatic carbocycles. The van der Waals surface area contributed by atoms with E-state index in [4.69, 9.17) is 14.6 Å². The molecule has 0 spiro atoms. The standard InChI is InChI=1S/C18H22N2O6S2/c1-25-15-3-4-16(26-2)13(9-15)11-19-5-7-20(8-6-19)28(23,24)17-10-14(12-27-17)18(21)22/h3-4,9-10,12H,5-8,11H2,1-2H3,(H,21,22). The Balaban J connectivity index is 1.66. The number of carboxylic acids is 1. The van der Waals surface area contributed by atoms with Gasteiger partial charge in [0.1, 0.15) is 15.7 Å². The summed E-state index contributed by atoms with van der Waals surface area (Å²) in [6, 6.07) is 6.82. The van der Waals surface area contributed by atoms with Gasteiger partial charge in [-0.25, -0.2) is 13.2 Å². The van der Waals surface area contributed by atoms with E-state index >= 15 is 0 Å². The molecule has 0 unspecified atom stereocenters. The summed E-state index contributed by atoms with van der Waals surface area (Å²) in [5.41, 5.74) is 0.967. The van der Waals surface area contributed by atoms with Gasteiger partial charge in [0.25, 0.3) is 10.0 Å². The van der Waals surface area contributed by atoms with Crippen molar-refractivity contribution in [2.45, 2.75) is 10.8 Å². The number of carbonyl (C=O) groups is 1. The number of carboxylic acid groups (broad SMARTS) is 1. The second kappa shape index (κ2) is 8.48. The van der Waals surface area contributed by atoms with Crippen LogP contribution in [0.15, 0.2) is 33.9 Å². The molecule has 1 N–H and O–H groups in total. The molecule has 0 atom stereocenters. The molecule has 1 aliphatic heterocycles. The van der Waals surface area contributed by atoms with E-state index in [2.05, 4.69) is 4.90 Å². The SMILES string of the molecule is COc1ccc(OC)c(CN2CCN(S(=O)(=O)c3cc(C(=O)O)cs3)CC2)c1. The maximum atomic E-state index is 12.8. The zero-order valence-corrected chi connectivity index (χ0v) is 17.3. The van der Waals surface area contributed by atoms with Crippen LogP contribution in [0.1, 0.15) is 15.9 Å². The lowest BCUT2D eigenvalue weighted by Crippen LogP contribution is -2.48. The van der Waals surface area contributed by atoms with Crippen molar-refractivity contribution < 1.29 is 27.8 Å². The largest absolute Gasteiger partial charge is 0.497 e. The topological polar surface area (TPSA) is 96.4 Å². The van der Waals surface area contributed by atoms with E-state index in [0.717, 1.165) is 28.4 Å². The fourth-order valence-corrected chi connectivity index (χ4v) is 5.79. The first-order chi connectivity index (χ1) is 13.3. The van der Waals surface area contributed by atoms with E-state index in [1.165, 1.54) is 15.8 Å². The summed E-state index contributed by atoms with van der Waals surface area (Å²) in [7, 11) is -0.457. The van der Waals surface area contributed by atoms with Crippen molar-refractivity contribution in [1.29, 1.82) is 0 Å². The van der Waals surface area contributed by atoms with Crippen molar-refractivity contribution in [3.05, 3.63) is 40.8 Å². The van der Waals surface area contributed by atoms with E-state index in [1.54, 1.807) is 14.2 Å². The molecule has 0 amide bonds. The number of methoxy groups -OCH3 is 2. The minimum Gasteiger partial charge on any atom is -0.497 e. The lowest BCUT2D eigenvalue weighted by atomic mass is 10.1. The van der Waals surface area contributed by atoms with E-state index in [0.29, 0.717) is 32.7 Å². The first-order valence-electron chi connectivity index (χ1n) is 8.60. The second-order valence-electron chi connectivity index (χ2n) is 6.32. The van der Waals surface area contributed by atoms with Crippen LogP contribution in [0.3, 0.4) is 0 Å². The first-order valence-corrected chi connectivity index (χ1v) is 10.9. The highest BCUT2D eigenvalue weighted by Crippen LogP contribution is 2.27. The Bertz CT molecular complexity index is 949. The van der Waals surface area contributed by atoms with E-state index < -0.39 is 16.0 Å². The van der Waals surface area contributed by atoms with Gasteiger partial charge in [-0.2, -0.15) is 4.31 Å². The van der Waals surface area contributed by atoms with Gasteiger partial charge < -0.3 is 14.6 Å². The predicted molar refractivity (Wildman–Crippen MR) is 105 cm³/mol. The highest BCUT2D eigenvalue weighted by atomic mass is 32.2. The fraction of sp³-hybridized carbons (Fsp3) is 0.389. The molecule has 0 radical (unpaired) electrons. The normalized spacial score (nSPS) is 16.1. The van der Waals surface area contributed by atoms with Gasteiger partial charge in [0.2, 0.25) is 0 Å². The van der Waals surface area contributed by atoms with E-state index in [9.17, 15) is 13.2 Å².